The fourth-order valence-corrected chi connectivity index (χ4v) is 7.04. The second kappa shape index (κ2) is 13.2. The van der Waals surface area contributed by atoms with Crippen molar-refractivity contribution < 1.29 is 14.7 Å². The highest BCUT2D eigenvalue weighted by Crippen LogP contribution is 2.38. The average Bonchev–Trinajstić information content (AvgIpc) is 3.54. The van der Waals surface area contributed by atoms with Crippen LogP contribution in [0.15, 0.2) is 36.4 Å². The van der Waals surface area contributed by atoms with Crippen LogP contribution in [0.2, 0.25) is 5.02 Å². The van der Waals surface area contributed by atoms with Gasteiger partial charge in [0.2, 0.25) is 0 Å². The Morgan fingerprint density at radius 2 is 1.40 bits per heavy atom. The first-order valence-electron chi connectivity index (χ1n) is 16.2. The summed E-state index contributed by atoms with van der Waals surface area (Å²) < 4.78 is 3.75. The Morgan fingerprint density at radius 1 is 0.851 bits per heavy atom. The lowest BCUT2D eigenvalue weighted by Crippen LogP contribution is -2.36. The molecule has 2 aliphatic rings. The van der Waals surface area contributed by atoms with Crippen LogP contribution in [-0.2, 0) is 40.0 Å². The monoisotopic (exact) mass is 658 g/mol. The van der Waals surface area contributed by atoms with E-state index in [1.165, 1.54) is 0 Å². The maximum atomic E-state index is 13.5. The van der Waals surface area contributed by atoms with Crippen molar-refractivity contribution in [2.45, 2.75) is 65.8 Å². The molecule has 47 heavy (non-hydrogen) atoms. The number of hydrogen-bond donors (Lipinski definition) is 3. The lowest BCUT2D eigenvalue weighted by atomic mass is 9.98. The van der Waals surface area contributed by atoms with Gasteiger partial charge in [-0.3, -0.25) is 19.4 Å². The summed E-state index contributed by atoms with van der Waals surface area (Å²) in [4.78, 5) is 40.9. The van der Waals surface area contributed by atoms with Gasteiger partial charge >= 0.3 is 0 Å². The number of hydrogen-bond acceptors (Lipinski definition) is 7. The van der Waals surface area contributed by atoms with Crippen molar-refractivity contribution in [3.63, 3.8) is 0 Å². The molecule has 3 N–H and O–H groups in total. The van der Waals surface area contributed by atoms with Crippen LogP contribution < -0.4 is 10.6 Å². The van der Waals surface area contributed by atoms with Crippen molar-refractivity contribution in [2.75, 3.05) is 30.3 Å². The third kappa shape index (κ3) is 6.45. The summed E-state index contributed by atoms with van der Waals surface area (Å²) in [5, 5.41) is 16.3. The molecule has 0 fully saturated rings. The Morgan fingerprint density at radius 3 is 2.02 bits per heavy atom. The van der Waals surface area contributed by atoms with Crippen LogP contribution in [0.25, 0.3) is 11.1 Å². The Balaban J connectivity index is 1.21. The zero-order valence-electron chi connectivity index (χ0n) is 27.9. The zero-order chi connectivity index (χ0) is 33.6. The third-order valence-electron chi connectivity index (χ3n) is 9.40. The van der Waals surface area contributed by atoms with E-state index in [0.29, 0.717) is 47.2 Å². The van der Waals surface area contributed by atoms with Crippen LogP contribution in [-0.4, -0.2) is 77.6 Å². The molecule has 0 unspecified atom stereocenters. The number of fused-ring (bicyclic) bond motifs is 2. The Labute approximate surface area is 280 Å². The molecule has 4 heterocycles. The minimum atomic E-state index is -0.425. The molecule has 12 heteroatoms. The lowest BCUT2D eigenvalue weighted by Gasteiger charge is -2.29. The predicted octanol–water partition coefficient (Wildman–Crippen LogP) is 4.79. The molecule has 6 rings (SSSR count). The minimum Gasteiger partial charge on any atom is -0.392 e. The van der Waals surface area contributed by atoms with E-state index in [1.54, 1.807) is 13.0 Å². The number of rotatable bonds is 8. The van der Waals surface area contributed by atoms with E-state index < -0.39 is 6.10 Å². The zero-order valence-corrected chi connectivity index (χ0v) is 28.6. The summed E-state index contributed by atoms with van der Waals surface area (Å²) in [6.07, 6.45) is 1.18. The predicted molar refractivity (Wildman–Crippen MR) is 184 cm³/mol. The fraction of sp³-hybridized carbons (Fsp3) is 0.429. The molecule has 0 aliphatic carbocycles. The number of benzene rings is 2. The van der Waals surface area contributed by atoms with Gasteiger partial charge in [0.1, 0.15) is 0 Å². The molecular formula is C35H43ClN8O3. The van der Waals surface area contributed by atoms with Crippen LogP contribution in [0.1, 0.15) is 70.3 Å². The van der Waals surface area contributed by atoms with Crippen LogP contribution in [0.3, 0.4) is 0 Å². The first-order valence-corrected chi connectivity index (χ1v) is 16.5. The van der Waals surface area contributed by atoms with Gasteiger partial charge < -0.3 is 24.9 Å². The Kier molecular flexibility index (Phi) is 9.26. The van der Waals surface area contributed by atoms with Gasteiger partial charge in [-0.2, -0.15) is 0 Å². The van der Waals surface area contributed by atoms with Crippen molar-refractivity contribution in [3.8, 4) is 11.1 Å². The summed E-state index contributed by atoms with van der Waals surface area (Å²) in [6.45, 7) is 11.7. The molecule has 0 saturated carbocycles. The minimum absolute atomic E-state index is 0.300. The van der Waals surface area contributed by atoms with Gasteiger partial charge in [-0.15, -0.1) is 0 Å². The first-order chi connectivity index (χ1) is 22.4. The molecule has 0 saturated heterocycles. The molecule has 1 atom stereocenters. The second-order valence-electron chi connectivity index (χ2n) is 13.0. The van der Waals surface area contributed by atoms with Gasteiger partial charge in [0, 0.05) is 88.3 Å². The highest BCUT2D eigenvalue weighted by Gasteiger charge is 2.28. The normalized spacial score (nSPS) is 15.8. The van der Waals surface area contributed by atoms with Gasteiger partial charge in [0.25, 0.3) is 11.8 Å². The lowest BCUT2D eigenvalue weighted by molar-refractivity contribution is 0.100. The number of aliphatic hydroxyl groups is 1. The topological polar surface area (TPSA) is 121 Å². The number of anilines is 2. The van der Waals surface area contributed by atoms with Crippen LogP contribution in [0, 0.1) is 6.92 Å². The molecule has 0 spiro atoms. The largest absolute Gasteiger partial charge is 0.392 e. The SMILES string of the molecule is Cc1c(NC(=O)c2nc3c(n2C)CCN(C[C@H](C)O)C3)cccc1-c1cccc(NC(=O)c2nc3c(n2C)CCN(C(C)C)C3)c1Cl. The van der Waals surface area contributed by atoms with Crippen LogP contribution in [0.4, 0.5) is 11.4 Å². The van der Waals surface area contributed by atoms with Gasteiger partial charge in [-0.1, -0.05) is 35.9 Å². The van der Waals surface area contributed by atoms with Crippen molar-refractivity contribution in [2.24, 2.45) is 14.1 Å². The quantitative estimate of drug-likeness (QED) is 0.249. The number of β-amino-alcohol motifs (C(OH)–C–C–N with tert-alkyl or cyclic N) is 1. The number of amides is 2. The fourth-order valence-electron chi connectivity index (χ4n) is 6.76. The van der Waals surface area contributed by atoms with Crippen LogP contribution in [0.5, 0.6) is 0 Å². The molecule has 2 aromatic heterocycles. The van der Waals surface area contributed by atoms with E-state index in [1.807, 2.05) is 60.5 Å². The summed E-state index contributed by atoms with van der Waals surface area (Å²) >= 11 is 6.95. The van der Waals surface area contributed by atoms with Gasteiger partial charge in [0.05, 0.1) is 28.2 Å². The van der Waals surface area contributed by atoms with Crippen molar-refractivity contribution in [1.29, 1.82) is 0 Å². The first kappa shape index (κ1) is 32.9. The highest BCUT2D eigenvalue weighted by atomic mass is 35.5. The number of aliphatic hydroxyl groups excluding tert-OH is 1. The maximum absolute atomic E-state index is 13.5. The summed E-state index contributed by atoms with van der Waals surface area (Å²) in [6, 6.07) is 11.6. The van der Waals surface area contributed by atoms with E-state index in [0.717, 1.165) is 71.9 Å². The molecular weight excluding hydrogens is 616 g/mol. The molecule has 0 bridgehead atoms. The number of nitrogens with zero attached hydrogens (tertiary/aromatic N) is 6. The Bertz CT molecular complexity index is 1840. The van der Waals surface area contributed by atoms with E-state index in [9.17, 15) is 14.7 Å². The molecule has 248 valence electrons. The molecule has 4 aromatic rings. The highest BCUT2D eigenvalue weighted by molar-refractivity contribution is 6.36. The van der Waals surface area contributed by atoms with Gasteiger partial charge in [-0.05, 0) is 51.0 Å². The molecule has 2 aromatic carbocycles. The number of aromatic nitrogens is 4. The van der Waals surface area contributed by atoms with E-state index in [4.69, 9.17) is 16.6 Å². The smallest absolute Gasteiger partial charge is 0.291 e. The third-order valence-corrected chi connectivity index (χ3v) is 9.81. The standard InChI is InChI=1S/C35H43ClN8O3/c1-20(2)44-16-14-30-28(19-44)38-33(42(30)6)35(47)40-26-12-8-10-24(31(26)36)23-9-7-11-25(22(23)4)39-34(46)32-37-27-18-43(17-21(3)45)15-13-29(27)41(32)5/h7-12,20-21,45H,13-19H2,1-6H3,(H,39,46)(H,40,47)/t21-/m0/s1. The number of nitrogens with one attached hydrogen (secondary N) is 2. The Hall–Kier alpha value is -4.03. The average molecular weight is 659 g/mol. The van der Waals surface area contributed by atoms with Gasteiger partial charge in [0.15, 0.2) is 11.6 Å². The van der Waals surface area contributed by atoms with Crippen molar-refractivity contribution in [1.82, 2.24) is 28.9 Å². The molecule has 0 radical (unpaired) electrons. The van der Waals surface area contributed by atoms with E-state index in [-0.39, 0.29) is 11.8 Å². The number of imidazole rings is 2. The number of carbonyl (C=O) groups excluding carboxylic acids is 2. The van der Waals surface area contributed by atoms with Crippen molar-refractivity contribution >= 4 is 34.8 Å². The van der Waals surface area contributed by atoms with Gasteiger partial charge in [-0.25, -0.2) is 9.97 Å². The summed E-state index contributed by atoms with van der Waals surface area (Å²) in [5.74, 6) is 0.0797. The van der Waals surface area contributed by atoms with Crippen molar-refractivity contribution in [3.05, 3.63) is 81.4 Å². The second-order valence-corrected chi connectivity index (χ2v) is 13.4. The molecule has 2 amide bonds. The number of carbonyl (C=O) groups is 2. The number of halogens is 1. The maximum Gasteiger partial charge on any atom is 0.291 e. The molecule has 2 aliphatic heterocycles. The van der Waals surface area contributed by atoms with E-state index in [2.05, 4.69) is 39.3 Å². The molecule has 11 nitrogen and oxygen atoms in total. The van der Waals surface area contributed by atoms with Crippen LogP contribution >= 0.6 is 11.6 Å². The summed E-state index contributed by atoms with van der Waals surface area (Å²) in [5.41, 5.74) is 7.45. The summed E-state index contributed by atoms with van der Waals surface area (Å²) in [7, 11) is 3.76. The van der Waals surface area contributed by atoms with E-state index >= 15 is 0 Å².